The Labute approximate surface area is 129 Å². The Hall–Kier alpha value is -1.88. The first kappa shape index (κ1) is 15.5. The molecule has 0 saturated carbocycles. The normalized spacial score (nSPS) is 11.2. The van der Waals surface area contributed by atoms with Crippen molar-refractivity contribution in [1.29, 1.82) is 0 Å². The molecule has 5 heteroatoms. The van der Waals surface area contributed by atoms with E-state index in [0.717, 1.165) is 9.92 Å². The van der Waals surface area contributed by atoms with Gasteiger partial charge in [0.15, 0.2) is 5.69 Å². The molecule has 2 aromatic rings. The third-order valence-electron chi connectivity index (χ3n) is 2.97. The maximum Gasteiger partial charge on any atom is 0.358 e. The second-order valence-corrected chi connectivity index (χ2v) is 6.70. The highest BCUT2D eigenvalue weighted by Crippen LogP contribution is 2.28. The molecule has 0 fully saturated rings. The Balaban J connectivity index is 2.10. The highest BCUT2D eigenvalue weighted by atomic mass is 32.2. The van der Waals surface area contributed by atoms with E-state index in [1.54, 1.807) is 6.20 Å². The lowest BCUT2D eigenvalue weighted by Crippen LogP contribution is -2.10. The Bertz CT molecular complexity index is 616. The Kier molecular flexibility index (Phi) is 4.63. The number of carbonyl (C=O) groups excluding carboxylic acids is 1. The van der Waals surface area contributed by atoms with Crippen LogP contribution in [0, 0.1) is 0 Å². The van der Waals surface area contributed by atoms with Crippen molar-refractivity contribution in [2.45, 2.75) is 36.1 Å². The summed E-state index contributed by atoms with van der Waals surface area (Å²) in [6, 6.07) is 8.39. The molecule has 0 unspecified atom stereocenters. The molecule has 0 bridgehead atoms. The average Bonchev–Trinajstić information content (AvgIpc) is 2.47. The van der Waals surface area contributed by atoms with Crippen molar-refractivity contribution in [3.05, 3.63) is 47.9 Å². The zero-order valence-corrected chi connectivity index (χ0v) is 13.4. The van der Waals surface area contributed by atoms with Crippen LogP contribution in [0.5, 0.6) is 0 Å². The van der Waals surface area contributed by atoms with Crippen molar-refractivity contribution < 1.29 is 9.53 Å². The first-order chi connectivity index (χ1) is 9.90. The molecule has 0 aliphatic heterocycles. The Morgan fingerprint density at radius 1 is 1.10 bits per heavy atom. The molecule has 1 aromatic heterocycles. The zero-order chi connectivity index (χ0) is 15.5. The molecule has 2 rings (SSSR count). The summed E-state index contributed by atoms with van der Waals surface area (Å²) >= 11 is 1.51. The lowest BCUT2D eigenvalue weighted by Gasteiger charge is -2.18. The highest BCUT2D eigenvalue weighted by Gasteiger charge is 2.13. The number of benzene rings is 1. The maximum atomic E-state index is 11.3. The number of hydrogen-bond donors (Lipinski definition) is 0. The minimum Gasteiger partial charge on any atom is -0.464 e. The molecule has 0 spiro atoms. The van der Waals surface area contributed by atoms with Crippen molar-refractivity contribution in [1.82, 2.24) is 9.97 Å². The van der Waals surface area contributed by atoms with E-state index in [2.05, 4.69) is 59.7 Å². The molecule has 4 nitrogen and oxygen atoms in total. The van der Waals surface area contributed by atoms with Crippen molar-refractivity contribution in [2.75, 3.05) is 7.11 Å². The number of ether oxygens (including phenoxy) is 1. The number of carbonyl (C=O) groups is 1. The van der Waals surface area contributed by atoms with E-state index < -0.39 is 5.97 Å². The van der Waals surface area contributed by atoms with Gasteiger partial charge in [0.1, 0.15) is 5.03 Å². The van der Waals surface area contributed by atoms with E-state index in [9.17, 15) is 4.79 Å². The Morgan fingerprint density at radius 3 is 2.24 bits per heavy atom. The Morgan fingerprint density at radius 2 is 1.76 bits per heavy atom. The van der Waals surface area contributed by atoms with Crippen LogP contribution in [0.3, 0.4) is 0 Å². The van der Waals surface area contributed by atoms with Gasteiger partial charge in [-0.3, -0.25) is 0 Å². The summed E-state index contributed by atoms with van der Waals surface area (Å²) in [4.78, 5) is 20.6. The summed E-state index contributed by atoms with van der Waals surface area (Å²) in [6.07, 6.45) is 3.01. The van der Waals surface area contributed by atoms with Gasteiger partial charge >= 0.3 is 5.97 Å². The summed E-state index contributed by atoms with van der Waals surface area (Å²) in [5, 5.41) is 0.742. The molecular formula is C16H18N2O2S. The van der Waals surface area contributed by atoms with Gasteiger partial charge in [0.25, 0.3) is 0 Å². The van der Waals surface area contributed by atoms with Crippen LogP contribution < -0.4 is 0 Å². The van der Waals surface area contributed by atoms with E-state index in [0.29, 0.717) is 0 Å². The molecule has 0 radical (unpaired) electrons. The molecule has 0 N–H and O–H groups in total. The molecule has 110 valence electrons. The fourth-order valence-electron chi connectivity index (χ4n) is 1.72. The van der Waals surface area contributed by atoms with Gasteiger partial charge in [-0.1, -0.05) is 44.7 Å². The summed E-state index contributed by atoms with van der Waals surface area (Å²) in [6.45, 7) is 6.56. The van der Waals surface area contributed by atoms with Crippen LogP contribution in [0.2, 0.25) is 0 Å². The SMILES string of the molecule is COC(=O)c1cnc(Sc2ccc(C(C)(C)C)cc2)cn1. The molecule has 0 saturated heterocycles. The second-order valence-electron chi connectivity index (χ2n) is 5.61. The monoisotopic (exact) mass is 302 g/mol. The fraction of sp³-hybridized carbons (Fsp3) is 0.312. The molecule has 0 aliphatic rings. The van der Waals surface area contributed by atoms with Crippen molar-refractivity contribution in [3.63, 3.8) is 0 Å². The van der Waals surface area contributed by atoms with Gasteiger partial charge in [0, 0.05) is 4.90 Å². The summed E-state index contributed by atoms with van der Waals surface area (Å²) in [5.74, 6) is -0.478. The van der Waals surface area contributed by atoms with Crippen molar-refractivity contribution in [2.24, 2.45) is 0 Å². The summed E-state index contributed by atoms with van der Waals surface area (Å²) in [7, 11) is 1.32. The van der Waals surface area contributed by atoms with Gasteiger partial charge < -0.3 is 4.74 Å². The standard InChI is InChI=1S/C16H18N2O2S/c1-16(2,3)11-5-7-12(8-6-11)21-14-10-17-13(9-18-14)15(19)20-4/h5-10H,1-4H3. The molecule has 0 aliphatic carbocycles. The number of nitrogens with zero attached hydrogens (tertiary/aromatic N) is 2. The van der Waals surface area contributed by atoms with Crippen LogP contribution >= 0.6 is 11.8 Å². The zero-order valence-electron chi connectivity index (χ0n) is 12.6. The minimum atomic E-state index is -0.478. The number of hydrogen-bond acceptors (Lipinski definition) is 5. The topological polar surface area (TPSA) is 52.1 Å². The minimum absolute atomic E-state index is 0.144. The smallest absolute Gasteiger partial charge is 0.358 e. The second kappa shape index (κ2) is 6.26. The summed E-state index contributed by atoms with van der Waals surface area (Å²) in [5.41, 5.74) is 1.65. The van der Waals surface area contributed by atoms with Gasteiger partial charge in [-0.2, -0.15) is 0 Å². The van der Waals surface area contributed by atoms with Crippen LogP contribution in [0.15, 0.2) is 46.6 Å². The van der Waals surface area contributed by atoms with Gasteiger partial charge in [-0.05, 0) is 23.1 Å². The van der Waals surface area contributed by atoms with E-state index in [4.69, 9.17) is 0 Å². The molecule has 1 heterocycles. The molecule has 21 heavy (non-hydrogen) atoms. The van der Waals surface area contributed by atoms with E-state index >= 15 is 0 Å². The van der Waals surface area contributed by atoms with E-state index in [-0.39, 0.29) is 11.1 Å². The molecule has 0 amide bonds. The quantitative estimate of drug-likeness (QED) is 0.809. The third kappa shape index (κ3) is 4.04. The lowest BCUT2D eigenvalue weighted by molar-refractivity contribution is 0.0593. The average molecular weight is 302 g/mol. The predicted molar refractivity (Wildman–Crippen MR) is 82.6 cm³/mol. The third-order valence-corrected chi connectivity index (χ3v) is 3.89. The molecule has 0 atom stereocenters. The van der Waals surface area contributed by atoms with Gasteiger partial charge in [-0.25, -0.2) is 14.8 Å². The van der Waals surface area contributed by atoms with Crippen molar-refractivity contribution in [3.8, 4) is 0 Å². The predicted octanol–water partition coefficient (Wildman–Crippen LogP) is 3.71. The number of methoxy groups -OCH3 is 1. The highest BCUT2D eigenvalue weighted by molar-refractivity contribution is 7.99. The van der Waals surface area contributed by atoms with Gasteiger partial charge in [0.2, 0.25) is 0 Å². The van der Waals surface area contributed by atoms with Gasteiger partial charge in [0.05, 0.1) is 19.5 Å². The lowest BCUT2D eigenvalue weighted by atomic mass is 9.87. The number of aromatic nitrogens is 2. The number of rotatable bonds is 3. The largest absolute Gasteiger partial charge is 0.464 e. The van der Waals surface area contributed by atoms with Gasteiger partial charge in [-0.15, -0.1) is 0 Å². The van der Waals surface area contributed by atoms with E-state index in [1.165, 1.54) is 30.6 Å². The van der Waals surface area contributed by atoms with Crippen LogP contribution in [-0.2, 0) is 10.2 Å². The summed E-state index contributed by atoms with van der Waals surface area (Å²) < 4.78 is 4.59. The fourth-order valence-corrected chi connectivity index (χ4v) is 2.45. The van der Waals surface area contributed by atoms with Crippen LogP contribution in [0.1, 0.15) is 36.8 Å². The van der Waals surface area contributed by atoms with Crippen LogP contribution in [-0.4, -0.2) is 23.0 Å². The first-order valence-corrected chi connectivity index (χ1v) is 7.40. The maximum absolute atomic E-state index is 11.3. The van der Waals surface area contributed by atoms with Crippen LogP contribution in [0.4, 0.5) is 0 Å². The number of esters is 1. The first-order valence-electron chi connectivity index (χ1n) is 6.59. The van der Waals surface area contributed by atoms with Crippen molar-refractivity contribution >= 4 is 17.7 Å². The van der Waals surface area contributed by atoms with E-state index in [1.807, 2.05) is 0 Å². The molecular weight excluding hydrogens is 284 g/mol. The molecule has 1 aromatic carbocycles. The van der Waals surface area contributed by atoms with Crippen LogP contribution in [0.25, 0.3) is 0 Å².